The molecule has 0 spiro atoms. The Balaban J connectivity index is 1.67. The van der Waals surface area contributed by atoms with Gasteiger partial charge in [0.2, 0.25) is 5.60 Å². The molecule has 1 aliphatic rings. The van der Waals surface area contributed by atoms with Gasteiger partial charge in [0.1, 0.15) is 17.9 Å². The van der Waals surface area contributed by atoms with Gasteiger partial charge in [-0.2, -0.15) is 0 Å². The van der Waals surface area contributed by atoms with Gasteiger partial charge in [-0.3, -0.25) is 9.59 Å². The number of pyridine rings is 1. The summed E-state index contributed by atoms with van der Waals surface area (Å²) in [6.45, 7) is 1.57. The number of nitrogens with zero attached hydrogens (tertiary/aromatic N) is 2. The fourth-order valence-electron chi connectivity index (χ4n) is 3.05. The molecule has 154 valence electrons. The van der Waals surface area contributed by atoms with Crippen LogP contribution >= 0.6 is 11.6 Å². The second kappa shape index (κ2) is 8.32. The summed E-state index contributed by atoms with van der Waals surface area (Å²) < 4.78 is 13.4. The third-order valence-electron chi connectivity index (χ3n) is 4.46. The molecule has 1 fully saturated rings. The Morgan fingerprint density at radius 3 is 2.79 bits per heavy atom. The Kier molecular flexibility index (Phi) is 6.02. The maximum atomic E-state index is 13.4. The van der Waals surface area contributed by atoms with E-state index in [0.29, 0.717) is 17.1 Å². The van der Waals surface area contributed by atoms with E-state index in [1.54, 1.807) is 12.1 Å². The Labute approximate surface area is 171 Å². The van der Waals surface area contributed by atoms with E-state index in [-0.39, 0.29) is 24.5 Å². The third kappa shape index (κ3) is 4.64. The molecule has 1 aliphatic heterocycles. The minimum atomic E-state index is -2.23. The fourth-order valence-corrected chi connectivity index (χ4v) is 3.29. The molecular weight excluding hydrogens is 403 g/mol. The second-order valence-electron chi connectivity index (χ2n) is 6.75. The largest absolute Gasteiger partial charge is 0.374 e. The van der Waals surface area contributed by atoms with Crippen molar-refractivity contribution in [2.45, 2.75) is 31.7 Å². The predicted molar refractivity (Wildman–Crippen MR) is 105 cm³/mol. The summed E-state index contributed by atoms with van der Waals surface area (Å²) in [5.74, 6) is -1.78. The molecule has 3 rings (SSSR count). The minimum absolute atomic E-state index is 0.0901. The average molecular weight is 423 g/mol. The molecule has 0 radical (unpaired) electrons. The lowest BCUT2D eigenvalue weighted by Gasteiger charge is -2.22. The molecule has 0 aliphatic carbocycles. The molecule has 1 aromatic heterocycles. The van der Waals surface area contributed by atoms with Crippen LogP contribution < -0.4 is 15.5 Å². The summed E-state index contributed by atoms with van der Waals surface area (Å²) >= 11 is 5.78. The first kappa shape index (κ1) is 21.0. The maximum Gasteiger partial charge on any atom is 0.268 e. The zero-order valence-corrected chi connectivity index (χ0v) is 16.3. The first-order valence-corrected chi connectivity index (χ1v) is 9.25. The molecule has 29 heavy (non-hydrogen) atoms. The number of aliphatic hydroxyl groups is 2. The standard InChI is InChI=1S/C19H20ClFN4O4/c1-11(26)24-16-3-2-15(10-22-16)25-5-4-19(29,18(25)28)17(27)23-9-12-6-13(20)8-14(21)7-12/h2-3,6-8,10-11,26,29H,4-5,9H2,1H3,(H,22,24)(H,23,27)/t11?,19-/m1/s1. The van der Waals surface area contributed by atoms with E-state index in [2.05, 4.69) is 15.6 Å². The van der Waals surface area contributed by atoms with Crippen molar-refractivity contribution >= 4 is 34.9 Å². The van der Waals surface area contributed by atoms with Gasteiger partial charge in [-0.05, 0) is 42.8 Å². The van der Waals surface area contributed by atoms with Crippen LogP contribution in [-0.2, 0) is 16.1 Å². The topological polar surface area (TPSA) is 115 Å². The molecular formula is C19H20ClFN4O4. The van der Waals surface area contributed by atoms with Gasteiger partial charge in [0, 0.05) is 24.5 Å². The van der Waals surface area contributed by atoms with Gasteiger partial charge in [-0.25, -0.2) is 9.37 Å². The summed E-state index contributed by atoms with van der Waals surface area (Å²) in [5.41, 5.74) is -1.42. The van der Waals surface area contributed by atoms with Crippen molar-refractivity contribution in [3.63, 3.8) is 0 Å². The van der Waals surface area contributed by atoms with E-state index in [1.807, 2.05) is 0 Å². The van der Waals surface area contributed by atoms with Crippen LogP contribution in [0, 0.1) is 5.82 Å². The van der Waals surface area contributed by atoms with Crippen LogP contribution in [0.3, 0.4) is 0 Å². The van der Waals surface area contributed by atoms with Crippen molar-refractivity contribution in [1.82, 2.24) is 10.3 Å². The van der Waals surface area contributed by atoms with Gasteiger partial charge >= 0.3 is 0 Å². The minimum Gasteiger partial charge on any atom is -0.374 e. The quantitative estimate of drug-likeness (QED) is 0.413. The van der Waals surface area contributed by atoms with E-state index >= 15 is 0 Å². The van der Waals surface area contributed by atoms with Gasteiger partial charge in [0.15, 0.2) is 0 Å². The first-order chi connectivity index (χ1) is 13.7. The van der Waals surface area contributed by atoms with Gasteiger partial charge in [0.05, 0.1) is 11.9 Å². The van der Waals surface area contributed by atoms with E-state index in [1.165, 1.54) is 30.2 Å². The van der Waals surface area contributed by atoms with Crippen LogP contribution in [0.4, 0.5) is 15.9 Å². The molecule has 4 N–H and O–H groups in total. The van der Waals surface area contributed by atoms with Crippen LogP contribution in [-0.4, -0.2) is 45.4 Å². The van der Waals surface area contributed by atoms with Crippen LogP contribution in [0.5, 0.6) is 0 Å². The van der Waals surface area contributed by atoms with Crippen molar-refractivity contribution in [2.24, 2.45) is 0 Å². The molecule has 1 unspecified atom stereocenters. The lowest BCUT2D eigenvalue weighted by Crippen LogP contribution is -2.52. The predicted octanol–water partition coefficient (Wildman–Crippen LogP) is 1.41. The molecule has 1 aromatic carbocycles. The van der Waals surface area contributed by atoms with E-state index < -0.39 is 29.5 Å². The molecule has 0 bridgehead atoms. The Hall–Kier alpha value is -2.75. The van der Waals surface area contributed by atoms with Crippen molar-refractivity contribution < 1.29 is 24.2 Å². The van der Waals surface area contributed by atoms with E-state index in [9.17, 15) is 24.2 Å². The summed E-state index contributed by atoms with van der Waals surface area (Å²) in [6, 6.07) is 6.98. The maximum absolute atomic E-state index is 13.4. The van der Waals surface area contributed by atoms with Crippen molar-refractivity contribution in [1.29, 1.82) is 0 Å². The number of benzene rings is 1. The van der Waals surface area contributed by atoms with Crippen molar-refractivity contribution in [2.75, 3.05) is 16.8 Å². The third-order valence-corrected chi connectivity index (χ3v) is 4.68. The number of aliphatic hydroxyl groups excluding tert-OH is 1. The number of hydrogen-bond acceptors (Lipinski definition) is 6. The number of anilines is 2. The monoisotopic (exact) mass is 422 g/mol. The van der Waals surface area contributed by atoms with Crippen LogP contribution in [0.2, 0.25) is 5.02 Å². The number of nitrogens with one attached hydrogen (secondary N) is 2. The van der Waals surface area contributed by atoms with Crippen LogP contribution in [0.15, 0.2) is 36.5 Å². The number of aromatic nitrogens is 1. The van der Waals surface area contributed by atoms with Crippen LogP contribution in [0.1, 0.15) is 18.9 Å². The fraction of sp³-hybridized carbons (Fsp3) is 0.316. The van der Waals surface area contributed by atoms with Gasteiger partial charge in [-0.1, -0.05) is 11.6 Å². The smallest absolute Gasteiger partial charge is 0.268 e. The highest BCUT2D eigenvalue weighted by Crippen LogP contribution is 2.29. The number of halogens is 2. The van der Waals surface area contributed by atoms with Crippen molar-refractivity contribution in [3.05, 3.63) is 52.9 Å². The Morgan fingerprint density at radius 1 is 1.41 bits per heavy atom. The van der Waals surface area contributed by atoms with Crippen LogP contribution in [0.25, 0.3) is 0 Å². The zero-order valence-electron chi connectivity index (χ0n) is 15.5. The molecule has 2 aromatic rings. The number of rotatable bonds is 6. The molecule has 8 nitrogen and oxygen atoms in total. The normalized spacial score (nSPS) is 19.9. The van der Waals surface area contributed by atoms with Gasteiger partial charge in [0.25, 0.3) is 11.8 Å². The lowest BCUT2D eigenvalue weighted by atomic mass is 10.0. The molecule has 10 heteroatoms. The molecule has 2 amide bonds. The number of hydrogen-bond donors (Lipinski definition) is 4. The summed E-state index contributed by atoms with van der Waals surface area (Å²) in [4.78, 5) is 30.5. The lowest BCUT2D eigenvalue weighted by molar-refractivity contribution is -0.149. The SMILES string of the molecule is CC(O)Nc1ccc(N2CC[C@@](O)(C(=O)NCc3cc(F)cc(Cl)c3)C2=O)cn1. The number of carbonyl (C=O) groups is 2. The highest BCUT2D eigenvalue weighted by Gasteiger charge is 2.51. The molecule has 0 saturated carbocycles. The highest BCUT2D eigenvalue weighted by molar-refractivity contribution is 6.30. The molecule has 1 saturated heterocycles. The molecule has 2 atom stereocenters. The first-order valence-electron chi connectivity index (χ1n) is 8.87. The number of carbonyl (C=O) groups excluding carboxylic acids is 2. The number of amides is 2. The highest BCUT2D eigenvalue weighted by atomic mass is 35.5. The van der Waals surface area contributed by atoms with E-state index in [4.69, 9.17) is 11.6 Å². The zero-order chi connectivity index (χ0) is 21.2. The Morgan fingerprint density at radius 2 is 2.17 bits per heavy atom. The van der Waals surface area contributed by atoms with Crippen molar-refractivity contribution in [3.8, 4) is 0 Å². The Bertz CT molecular complexity index is 905. The van der Waals surface area contributed by atoms with Gasteiger partial charge in [-0.15, -0.1) is 0 Å². The van der Waals surface area contributed by atoms with E-state index in [0.717, 1.165) is 6.07 Å². The second-order valence-corrected chi connectivity index (χ2v) is 7.19. The average Bonchev–Trinajstić information content (AvgIpc) is 2.95. The summed E-state index contributed by atoms with van der Waals surface area (Å²) in [6.07, 6.45) is 0.513. The summed E-state index contributed by atoms with van der Waals surface area (Å²) in [7, 11) is 0. The molecule has 2 heterocycles. The van der Waals surface area contributed by atoms with Gasteiger partial charge < -0.3 is 25.7 Å². The summed E-state index contributed by atoms with van der Waals surface area (Å²) in [5, 5.41) is 25.3.